The molecule has 0 N–H and O–H groups in total. The Morgan fingerprint density at radius 1 is 1.24 bits per heavy atom. The van der Waals surface area contributed by atoms with Crippen LogP contribution < -0.4 is 0 Å². The lowest BCUT2D eigenvalue weighted by Crippen LogP contribution is -2.44. The summed E-state index contributed by atoms with van der Waals surface area (Å²) in [7, 11) is 0. The van der Waals surface area contributed by atoms with Gasteiger partial charge in [-0.25, -0.2) is 0 Å². The molecule has 17 heavy (non-hydrogen) atoms. The second-order valence-electron chi connectivity index (χ2n) is 5.14. The van der Waals surface area contributed by atoms with Crippen molar-refractivity contribution >= 4 is 5.78 Å². The molecule has 2 aliphatic heterocycles. The Balaban J connectivity index is 1.61. The van der Waals surface area contributed by atoms with Crippen molar-refractivity contribution in [3.63, 3.8) is 0 Å². The maximum absolute atomic E-state index is 11.5. The number of hydrogen-bond acceptors (Lipinski definition) is 3. The summed E-state index contributed by atoms with van der Waals surface area (Å²) >= 11 is 0. The molecule has 2 bridgehead atoms. The van der Waals surface area contributed by atoms with Crippen LogP contribution in [-0.4, -0.2) is 34.3 Å². The Morgan fingerprint density at radius 2 is 2.00 bits per heavy atom. The predicted molar refractivity (Wildman–Crippen MR) is 65.7 cm³/mol. The third-order valence-corrected chi connectivity index (χ3v) is 4.05. The van der Waals surface area contributed by atoms with Crippen molar-refractivity contribution in [2.24, 2.45) is 0 Å². The van der Waals surface area contributed by atoms with E-state index in [9.17, 15) is 4.79 Å². The third kappa shape index (κ3) is 2.25. The SMILES string of the molecule is O=C1CC2CCC(C1)N2CCc1ccccn1. The first-order chi connectivity index (χ1) is 8.33. The number of carbonyl (C=O) groups is 1. The first kappa shape index (κ1) is 10.9. The zero-order chi connectivity index (χ0) is 11.7. The van der Waals surface area contributed by atoms with E-state index in [1.165, 1.54) is 12.8 Å². The van der Waals surface area contributed by atoms with Gasteiger partial charge in [0, 0.05) is 49.8 Å². The molecule has 3 rings (SSSR count). The van der Waals surface area contributed by atoms with E-state index in [1.54, 1.807) is 0 Å². The summed E-state index contributed by atoms with van der Waals surface area (Å²) in [6, 6.07) is 7.11. The maximum Gasteiger partial charge on any atom is 0.136 e. The standard InChI is InChI=1S/C14H18N2O/c17-14-9-12-4-5-13(10-14)16(12)8-6-11-3-1-2-7-15-11/h1-3,7,12-13H,4-6,8-10H2. The average Bonchev–Trinajstić information content (AvgIpc) is 2.59. The molecule has 2 unspecified atom stereocenters. The van der Waals surface area contributed by atoms with Crippen LogP contribution in [0, 0.1) is 0 Å². The largest absolute Gasteiger partial charge is 0.300 e. The predicted octanol–water partition coefficient (Wildman–Crippen LogP) is 1.82. The molecule has 2 fully saturated rings. The van der Waals surface area contributed by atoms with Crippen LogP contribution in [-0.2, 0) is 11.2 Å². The van der Waals surface area contributed by atoms with Gasteiger partial charge in [0.2, 0.25) is 0 Å². The molecular formula is C14H18N2O. The molecule has 3 nitrogen and oxygen atoms in total. The van der Waals surface area contributed by atoms with E-state index < -0.39 is 0 Å². The summed E-state index contributed by atoms with van der Waals surface area (Å²) < 4.78 is 0. The number of rotatable bonds is 3. The highest BCUT2D eigenvalue weighted by molar-refractivity contribution is 5.80. The first-order valence-electron chi connectivity index (χ1n) is 6.50. The Hall–Kier alpha value is -1.22. The van der Waals surface area contributed by atoms with Crippen LogP contribution in [0.2, 0.25) is 0 Å². The second-order valence-corrected chi connectivity index (χ2v) is 5.14. The fourth-order valence-corrected chi connectivity index (χ4v) is 3.22. The quantitative estimate of drug-likeness (QED) is 0.794. The van der Waals surface area contributed by atoms with Crippen molar-refractivity contribution in [2.75, 3.05) is 6.54 Å². The van der Waals surface area contributed by atoms with Crippen molar-refractivity contribution in [3.8, 4) is 0 Å². The Kier molecular flexibility index (Phi) is 2.93. The second kappa shape index (κ2) is 4.57. The highest BCUT2D eigenvalue weighted by Gasteiger charge is 2.39. The highest BCUT2D eigenvalue weighted by atomic mass is 16.1. The smallest absolute Gasteiger partial charge is 0.136 e. The molecule has 2 aliphatic rings. The number of pyridine rings is 1. The summed E-state index contributed by atoms with van der Waals surface area (Å²) in [4.78, 5) is 18.4. The van der Waals surface area contributed by atoms with Gasteiger partial charge in [0.25, 0.3) is 0 Å². The molecule has 90 valence electrons. The monoisotopic (exact) mass is 230 g/mol. The van der Waals surface area contributed by atoms with E-state index in [4.69, 9.17) is 0 Å². The van der Waals surface area contributed by atoms with Crippen molar-refractivity contribution in [1.82, 2.24) is 9.88 Å². The Labute approximate surface area is 102 Å². The molecule has 0 saturated carbocycles. The molecule has 0 spiro atoms. The van der Waals surface area contributed by atoms with Crippen LogP contribution >= 0.6 is 0 Å². The minimum absolute atomic E-state index is 0.464. The number of fused-ring (bicyclic) bond motifs is 2. The summed E-state index contributed by atoms with van der Waals surface area (Å²) in [6.07, 6.45) is 6.82. The number of aromatic nitrogens is 1. The lowest BCUT2D eigenvalue weighted by atomic mass is 10.0. The van der Waals surface area contributed by atoms with Crippen molar-refractivity contribution < 1.29 is 4.79 Å². The van der Waals surface area contributed by atoms with E-state index in [2.05, 4.69) is 16.0 Å². The van der Waals surface area contributed by atoms with Crippen LogP contribution in [0.1, 0.15) is 31.4 Å². The molecule has 0 aromatic carbocycles. The fraction of sp³-hybridized carbons (Fsp3) is 0.571. The van der Waals surface area contributed by atoms with Crippen LogP contribution in [0.4, 0.5) is 0 Å². The van der Waals surface area contributed by atoms with Gasteiger partial charge in [0.1, 0.15) is 5.78 Å². The van der Waals surface area contributed by atoms with E-state index in [0.29, 0.717) is 17.9 Å². The van der Waals surface area contributed by atoms with E-state index in [1.807, 2.05) is 18.3 Å². The molecule has 0 amide bonds. The topological polar surface area (TPSA) is 33.2 Å². The normalized spacial score (nSPS) is 28.6. The van der Waals surface area contributed by atoms with E-state index in [0.717, 1.165) is 31.5 Å². The van der Waals surface area contributed by atoms with Crippen molar-refractivity contribution in [2.45, 2.75) is 44.2 Å². The molecule has 3 heterocycles. The Bertz CT molecular complexity index is 388. The molecule has 0 radical (unpaired) electrons. The zero-order valence-corrected chi connectivity index (χ0v) is 10.0. The number of hydrogen-bond donors (Lipinski definition) is 0. The molecule has 0 aliphatic carbocycles. The van der Waals surface area contributed by atoms with Gasteiger partial charge < -0.3 is 0 Å². The third-order valence-electron chi connectivity index (χ3n) is 4.05. The minimum atomic E-state index is 0.464. The van der Waals surface area contributed by atoms with Gasteiger partial charge in [-0.2, -0.15) is 0 Å². The van der Waals surface area contributed by atoms with Gasteiger partial charge in [-0.1, -0.05) is 6.07 Å². The lowest BCUT2D eigenvalue weighted by Gasteiger charge is -2.33. The van der Waals surface area contributed by atoms with Crippen LogP contribution in [0.25, 0.3) is 0 Å². The first-order valence-corrected chi connectivity index (χ1v) is 6.50. The van der Waals surface area contributed by atoms with Gasteiger partial charge in [-0.3, -0.25) is 14.7 Å². The fourth-order valence-electron chi connectivity index (χ4n) is 3.22. The Morgan fingerprint density at radius 3 is 2.65 bits per heavy atom. The minimum Gasteiger partial charge on any atom is -0.300 e. The summed E-state index contributed by atoms with van der Waals surface area (Å²) in [5.41, 5.74) is 1.16. The molecular weight excluding hydrogens is 212 g/mol. The summed E-state index contributed by atoms with van der Waals surface area (Å²) in [5.74, 6) is 0.464. The van der Waals surface area contributed by atoms with E-state index in [-0.39, 0.29) is 0 Å². The van der Waals surface area contributed by atoms with Gasteiger partial charge in [0.15, 0.2) is 0 Å². The summed E-state index contributed by atoms with van der Waals surface area (Å²) in [6.45, 7) is 1.06. The molecule has 1 aromatic rings. The maximum atomic E-state index is 11.5. The van der Waals surface area contributed by atoms with Crippen LogP contribution in [0.15, 0.2) is 24.4 Å². The van der Waals surface area contributed by atoms with Crippen molar-refractivity contribution in [3.05, 3.63) is 30.1 Å². The molecule has 3 heteroatoms. The molecule has 2 atom stereocenters. The number of piperidine rings is 1. The zero-order valence-electron chi connectivity index (χ0n) is 10.0. The van der Waals surface area contributed by atoms with Gasteiger partial charge >= 0.3 is 0 Å². The number of carbonyl (C=O) groups excluding carboxylic acids is 1. The number of Topliss-reactive ketones (excluding diaryl/α,β-unsaturated/α-hetero) is 1. The summed E-state index contributed by atoms with van der Waals surface area (Å²) in [5, 5.41) is 0. The number of nitrogens with zero attached hydrogens (tertiary/aromatic N) is 2. The van der Waals surface area contributed by atoms with Crippen molar-refractivity contribution in [1.29, 1.82) is 0 Å². The molecule has 1 aromatic heterocycles. The number of ketones is 1. The van der Waals surface area contributed by atoms with Gasteiger partial charge in [0.05, 0.1) is 0 Å². The van der Waals surface area contributed by atoms with Gasteiger partial charge in [-0.15, -0.1) is 0 Å². The van der Waals surface area contributed by atoms with Gasteiger partial charge in [-0.05, 0) is 25.0 Å². The highest BCUT2D eigenvalue weighted by Crippen LogP contribution is 2.33. The lowest BCUT2D eigenvalue weighted by molar-refractivity contribution is -0.123. The average molecular weight is 230 g/mol. The van der Waals surface area contributed by atoms with Crippen LogP contribution in [0.5, 0.6) is 0 Å². The van der Waals surface area contributed by atoms with E-state index >= 15 is 0 Å². The molecule has 2 saturated heterocycles. The van der Waals surface area contributed by atoms with Crippen LogP contribution in [0.3, 0.4) is 0 Å².